The molecule has 1 aromatic rings. The normalized spacial score (nSPS) is 10.0. The fourth-order valence-corrected chi connectivity index (χ4v) is 1.58. The van der Waals surface area contributed by atoms with Crippen molar-refractivity contribution in [1.29, 1.82) is 0 Å². The Morgan fingerprint density at radius 2 is 2.11 bits per heavy atom. The molecule has 0 saturated heterocycles. The van der Waals surface area contributed by atoms with E-state index in [0.29, 0.717) is 30.8 Å². The number of aromatic carboxylic acids is 1. The summed E-state index contributed by atoms with van der Waals surface area (Å²) in [5, 5.41) is 11.6. The Kier molecular flexibility index (Phi) is 5.81. The molecular formula is C13H18N2O4. The topological polar surface area (TPSA) is 102 Å². The number of methoxy groups -OCH3 is 1. The van der Waals surface area contributed by atoms with Crippen molar-refractivity contribution >= 4 is 17.6 Å². The molecule has 0 heterocycles. The van der Waals surface area contributed by atoms with Crippen LogP contribution in [-0.2, 0) is 4.79 Å². The van der Waals surface area contributed by atoms with Crippen molar-refractivity contribution < 1.29 is 19.4 Å². The van der Waals surface area contributed by atoms with E-state index in [1.165, 1.54) is 25.3 Å². The van der Waals surface area contributed by atoms with E-state index < -0.39 is 5.97 Å². The maximum atomic E-state index is 11.7. The summed E-state index contributed by atoms with van der Waals surface area (Å²) in [6, 6.07) is 4.31. The summed E-state index contributed by atoms with van der Waals surface area (Å²) in [6.07, 6.45) is 1.82. The molecule has 4 N–H and O–H groups in total. The van der Waals surface area contributed by atoms with E-state index in [1.54, 1.807) is 0 Å². The Bertz CT molecular complexity index is 460. The average molecular weight is 266 g/mol. The Morgan fingerprint density at radius 3 is 2.68 bits per heavy atom. The van der Waals surface area contributed by atoms with Gasteiger partial charge in [-0.15, -0.1) is 0 Å². The fourth-order valence-electron chi connectivity index (χ4n) is 1.58. The highest BCUT2D eigenvalue weighted by Gasteiger charge is 2.11. The minimum atomic E-state index is -1.05. The highest BCUT2D eigenvalue weighted by atomic mass is 16.5. The molecule has 0 aliphatic heterocycles. The van der Waals surface area contributed by atoms with Gasteiger partial charge in [-0.25, -0.2) is 4.79 Å². The quantitative estimate of drug-likeness (QED) is 0.648. The number of carbonyl (C=O) groups is 2. The van der Waals surface area contributed by atoms with Crippen LogP contribution in [0.25, 0.3) is 0 Å². The lowest BCUT2D eigenvalue weighted by molar-refractivity contribution is -0.116. The second kappa shape index (κ2) is 7.38. The molecular weight excluding hydrogens is 248 g/mol. The minimum absolute atomic E-state index is 0.0954. The molecule has 104 valence electrons. The third-order valence-electron chi connectivity index (χ3n) is 2.58. The Labute approximate surface area is 111 Å². The van der Waals surface area contributed by atoms with E-state index in [9.17, 15) is 9.59 Å². The van der Waals surface area contributed by atoms with Gasteiger partial charge in [0.2, 0.25) is 5.91 Å². The van der Waals surface area contributed by atoms with Crippen molar-refractivity contribution in [1.82, 2.24) is 0 Å². The fraction of sp³-hybridized carbons (Fsp3) is 0.385. The molecule has 0 fully saturated rings. The van der Waals surface area contributed by atoms with Crippen LogP contribution < -0.4 is 15.8 Å². The van der Waals surface area contributed by atoms with Gasteiger partial charge in [0.25, 0.3) is 0 Å². The molecule has 0 spiro atoms. The number of rotatable bonds is 7. The molecule has 0 aromatic heterocycles. The molecule has 19 heavy (non-hydrogen) atoms. The van der Waals surface area contributed by atoms with Gasteiger partial charge in [0.1, 0.15) is 5.75 Å². The van der Waals surface area contributed by atoms with Crippen molar-refractivity contribution in [2.24, 2.45) is 5.73 Å². The monoisotopic (exact) mass is 266 g/mol. The molecule has 0 radical (unpaired) electrons. The van der Waals surface area contributed by atoms with Crippen LogP contribution in [0.3, 0.4) is 0 Å². The number of carboxylic acids is 1. The van der Waals surface area contributed by atoms with Crippen LogP contribution in [0.15, 0.2) is 18.2 Å². The molecule has 1 aromatic carbocycles. The Hall–Kier alpha value is -2.08. The number of unbranched alkanes of at least 4 members (excludes halogenated alkanes) is 1. The smallest absolute Gasteiger partial charge is 0.335 e. The zero-order valence-corrected chi connectivity index (χ0v) is 10.8. The van der Waals surface area contributed by atoms with E-state index >= 15 is 0 Å². The first-order chi connectivity index (χ1) is 9.08. The van der Waals surface area contributed by atoms with Gasteiger partial charge in [0.15, 0.2) is 0 Å². The molecule has 6 nitrogen and oxygen atoms in total. The second-order valence-electron chi connectivity index (χ2n) is 4.01. The van der Waals surface area contributed by atoms with Crippen molar-refractivity contribution in [2.75, 3.05) is 19.0 Å². The summed E-state index contributed by atoms with van der Waals surface area (Å²) >= 11 is 0. The van der Waals surface area contributed by atoms with Crippen molar-refractivity contribution in [3.05, 3.63) is 23.8 Å². The SMILES string of the molecule is COc1ccc(C(=O)O)cc1NC(=O)CCCCN. The predicted molar refractivity (Wildman–Crippen MR) is 71.5 cm³/mol. The van der Waals surface area contributed by atoms with Gasteiger partial charge < -0.3 is 20.9 Å². The Balaban J connectivity index is 2.77. The molecule has 0 atom stereocenters. The number of hydrogen-bond acceptors (Lipinski definition) is 4. The zero-order valence-electron chi connectivity index (χ0n) is 10.8. The van der Waals surface area contributed by atoms with Crippen LogP contribution in [-0.4, -0.2) is 30.6 Å². The largest absolute Gasteiger partial charge is 0.495 e. The van der Waals surface area contributed by atoms with Crippen LogP contribution in [0.2, 0.25) is 0 Å². The van der Waals surface area contributed by atoms with Gasteiger partial charge in [-0.1, -0.05) is 0 Å². The number of amides is 1. The maximum Gasteiger partial charge on any atom is 0.335 e. The molecule has 0 aliphatic rings. The van der Waals surface area contributed by atoms with E-state index in [4.69, 9.17) is 15.6 Å². The second-order valence-corrected chi connectivity index (χ2v) is 4.01. The van der Waals surface area contributed by atoms with Crippen LogP contribution in [0.4, 0.5) is 5.69 Å². The molecule has 1 rings (SSSR count). The lowest BCUT2D eigenvalue weighted by Crippen LogP contribution is -2.13. The van der Waals surface area contributed by atoms with Crippen LogP contribution in [0, 0.1) is 0 Å². The highest BCUT2D eigenvalue weighted by Crippen LogP contribution is 2.25. The van der Waals surface area contributed by atoms with E-state index in [-0.39, 0.29) is 11.5 Å². The van der Waals surface area contributed by atoms with E-state index in [1.807, 2.05) is 0 Å². The molecule has 1 amide bonds. The van der Waals surface area contributed by atoms with Gasteiger partial charge >= 0.3 is 5.97 Å². The number of anilines is 1. The van der Waals surface area contributed by atoms with Gasteiger partial charge in [-0.3, -0.25) is 4.79 Å². The lowest BCUT2D eigenvalue weighted by Gasteiger charge is -2.10. The molecule has 0 bridgehead atoms. The van der Waals surface area contributed by atoms with Crippen LogP contribution in [0.1, 0.15) is 29.6 Å². The summed E-state index contributed by atoms with van der Waals surface area (Å²) in [7, 11) is 1.46. The Morgan fingerprint density at radius 1 is 1.37 bits per heavy atom. The lowest BCUT2D eigenvalue weighted by atomic mass is 10.1. The predicted octanol–water partition coefficient (Wildman–Crippen LogP) is 1.46. The number of ether oxygens (including phenoxy) is 1. The van der Waals surface area contributed by atoms with Crippen molar-refractivity contribution in [3.8, 4) is 5.75 Å². The van der Waals surface area contributed by atoms with Gasteiger partial charge in [-0.05, 0) is 37.6 Å². The van der Waals surface area contributed by atoms with E-state index in [0.717, 1.165) is 6.42 Å². The summed E-state index contributed by atoms with van der Waals surface area (Å²) in [6.45, 7) is 0.547. The standard InChI is InChI=1S/C13H18N2O4/c1-19-11-6-5-9(13(17)18)8-10(11)15-12(16)4-2-3-7-14/h5-6,8H,2-4,7,14H2,1H3,(H,15,16)(H,17,18). The third-order valence-corrected chi connectivity index (χ3v) is 2.58. The number of carboxylic acid groups (broad SMARTS) is 1. The maximum absolute atomic E-state index is 11.7. The number of nitrogens with two attached hydrogens (primary N) is 1. The van der Waals surface area contributed by atoms with Gasteiger partial charge in [-0.2, -0.15) is 0 Å². The summed E-state index contributed by atoms with van der Waals surface area (Å²) in [5.41, 5.74) is 5.81. The van der Waals surface area contributed by atoms with Gasteiger partial charge in [0, 0.05) is 6.42 Å². The molecule has 0 unspecified atom stereocenters. The van der Waals surface area contributed by atoms with E-state index in [2.05, 4.69) is 5.32 Å². The number of carbonyl (C=O) groups excluding carboxylic acids is 1. The van der Waals surface area contributed by atoms with Crippen LogP contribution in [0.5, 0.6) is 5.75 Å². The van der Waals surface area contributed by atoms with Gasteiger partial charge in [0.05, 0.1) is 18.4 Å². The number of nitrogens with one attached hydrogen (secondary N) is 1. The molecule has 0 saturated carbocycles. The van der Waals surface area contributed by atoms with Crippen molar-refractivity contribution in [2.45, 2.75) is 19.3 Å². The summed E-state index contributed by atoms with van der Waals surface area (Å²) in [4.78, 5) is 22.6. The average Bonchev–Trinajstić information content (AvgIpc) is 2.38. The first-order valence-electron chi connectivity index (χ1n) is 5.99. The van der Waals surface area contributed by atoms with Crippen molar-refractivity contribution in [3.63, 3.8) is 0 Å². The summed E-state index contributed by atoms with van der Waals surface area (Å²) in [5.74, 6) is -0.812. The molecule has 0 aliphatic carbocycles. The van der Waals surface area contributed by atoms with Crippen LogP contribution >= 0.6 is 0 Å². The zero-order chi connectivity index (χ0) is 14.3. The highest BCUT2D eigenvalue weighted by molar-refractivity contribution is 5.95. The number of benzene rings is 1. The third kappa shape index (κ3) is 4.59. The number of hydrogen-bond donors (Lipinski definition) is 3. The molecule has 6 heteroatoms. The first-order valence-corrected chi connectivity index (χ1v) is 5.99. The summed E-state index contributed by atoms with van der Waals surface area (Å²) < 4.78 is 5.08. The minimum Gasteiger partial charge on any atom is -0.495 e. The first kappa shape index (κ1) is 15.0.